The van der Waals surface area contributed by atoms with Crippen molar-refractivity contribution in [3.63, 3.8) is 0 Å². The summed E-state index contributed by atoms with van der Waals surface area (Å²) in [6.07, 6.45) is 0.761. The molecule has 0 amide bonds. The fourth-order valence-electron chi connectivity index (χ4n) is 2.52. The predicted molar refractivity (Wildman–Crippen MR) is 101 cm³/mol. The van der Waals surface area contributed by atoms with Crippen LogP contribution in [0.3, 0.4) is 0 Å². The van der Waals surface area contributed by atoms with Gasteiger partial charge in [-0.15, -0.1) is 0 Å². The first-order valence-electron chi connectivity index (χ1n) is 8.07. The molecule has 0 saturated carbocycles. The molecule has 2 aromatic carbocycles. The Morgan fingerprint density at radius 2 is 1.76 bits per heavy atom. The second kappa shape index (κ2) is 10.3. The molecule has 0 aliphatic heterocycles. The highest BCUT2D eigenvalue weighted by Gasteiger charge is 2.10. The lowest BCUT2D eigenvalue weighted by atomic mass is 10.1. The van der Waals surface area contributed by atoms with E-state index < -0.39 is 6.67 Å². The summed E-state index contributed by atoms with van der Waals surface area (Å²) in [6.45, 7) is 0.997. The molecule has 0 fully saturated rings. The van der Waals surface area contributed by atoms with Gasteiger partial charge in [0, 0.05) is 12.1 Å². The van der Waals surface area contributed by atoms with E-state index in [4.69, 9.17) is 14.2 Å². The number of methoxy groups -OCH3 is 2. The van der Waals surface area contributed by atoms with Gasteiger partial charge in [0.05, 0.1) is 18.7 Å². The van der Waals surface area contributed by atoms with Gasteiger partial charge in [-0.3, -0.25) is 0 Å². The average Bonchev–Trinajstić information content (AvgIpc) is 2.65. The van der Waals surface area contributed by atoms with Gasteiger partial charge in [0.25, 0.3) is 0 Å². The molecule has 0 spiro atoms. The van der Waals surface area contributed by atoms with Crippen LogP contribution in [0.4, 0.5) is 4.39 Å². The third-order valence-corrected chi connectivity index (χ3v) is 4.37. The van der Waals surface area contributed by atoms with E-state index in [1.807, 2.05) is 36.4 Å². The standard InChI is InChI=1S/C19H23BrFNO3/c1-23-17-6-4-3-5-15(17)13-22-9-7-14-11-19(25-10-8-21)16(20)12-18(14)24-2/h3-6,11-12,22H,7-10,13H2,1-2H3/i21-1. The van der Waals surface area contributed by atoms with E-state index in [0.29, 0.717) is 12.3 Å². The minimum atomic E-state index is -0.520. The number of ether oxygens (including phenoxy) is 3. The maximum Gasteiger partial charge on any atom is 0.134 e. The number of rotatable bonds is 10. The third-order valence-electron chi connectivity index (χ3n) is 3.75. The van der Waals surface area contributed by atoms with E-state index in [1.165, 1.54) is 0 Å². The summed E-state index contributed by atoms with van der Waals surface area (Å²) in [6, 6.07) is 11.7. The molecular formula is C19H23BrFNO3. The molecule has 2 aromatic rings. The van der Waals surface area contributed by atoms with Crippen molar-refractivity contribution < 1.29 is 18.6 Å². The Balaban J connectivity index is 1.97. The summed E-state index contributed by atoms with van der Waals surface area (Å²) in [4.78, 5) is 0. The third kappa shape index (κ3) is 5.61. The molecular weight excluding hydrogens is 388 g/mol. The molecule has 6 heteroatoms. The van der Waals surface area contributed by atoms with Crippen molar-refractivity contribution >= 4 is 15.9 Å². The molecule has 0 aliphatic rings. The molecule has 136 valence electrons. The lowest BCUT2D eigenvalue weighted by Gasteiger charge is -2.14. The SMILES string of the molecule is COc1cc(Br)c(OCC[18F])cc1CCNCc1ccccc1OC. The number of hydrogen-bond acceptors (Lipinski definition) is 4. The van der Waals surface area contributed by atoms with Gasteiger partial charge in [0.2, 0.25) is 0 Å². The maximum absolute atomic E-state index is 12.3. The zero-order valence-corrected chi connectivity index (χ0v) is 16.1. The van der Waals surface area contributed by atoms with Crippen LogP contribution in [0.15, 0.2) is 40.9 Å². The van der Waals surface area contributed by atoms with Crippen molar-refractivity contribution in [1.82, 2.24) is 5.32 Å². The highest BCUT2D eigenvalue weighted by Crippen LogP contribution is 2.33. The molecule has 0 bridgehead atoms. The summed E-state index contributed by atoms with van der Waals surface area (Å²) in [5, 5.41) is 3.41. The average molecular weight is 411 g/mol. The van der Waals surface area contributed by atoms with Gasteiger partial charge in [-0.2, -0.15) is 0 Å². The minimum Gasteiger partial charge on any atom is -0.496 e. The number of hydrogen-bond donors (Lipinski definition) is 1. The van der Waals surface area contributed by atoms with Crippen LogP contribution in [-0.2, 0) is 13.0 Å². The van der Waals surface area contributed by atoms with Crippen molar-refractivity contribution in [3.8, 4) is 17.2 Å². The highest BCUT2D eigenvalue weighted by atomic mass is 79.9. The topological polar surface area (TPSA) is 39.7 Å². The Labute approximate surface area is 156 Å². The molecule has 4 nitrogen and oxygen atoms in total. The number of alkyl halides is 1. The van der Waals surface area contributed by atoms with Crippen LogP contribution in [0.1, 0.15) is 11.1 Å². The first-order chi connectivity index (χ1) is 12.2. The van der Waals surface area contributed by atoms with Gasteiger partial charge in [0.1, 0.15) is 30.5 Å². The van der Waals surface area contributed by atoms with Gasteiger partial charge in [0.15, 0.2) is 0 Å². The summed E-state index contributed by atoms with van der Waals surface area (Å²) < 4.78 is 29.3. The summed E-state index contributed by atoms with van der Waals surface area (Å²) in [5.41, 5.74) is 2.12. The summed E-state index contributed by atoms with van der Waals surface area (Å²) in [7, 11) is 3.31. The molecule has 0 radical (unpaired) electrons. The number of halogens is 2. The van der Waals surface area contributed by atoms with Gasteiger partial charge in [-0.1, -0.05) is 18.2 Å². The van der Waals surface area contributed by atoms with Crippen molar-refractivity contribution in [2.75, 3.05) is 34.0 Å². The van der Waals surface area contributed by atoms with Crippen LogP contribution in [0.2, 0.25) is 0 Å². The molecule has 0 unspecified atom stereocenters. The van der Waals surface area contributed by atoms with E-state index in [0.717, 1.165) is 40.1 Å². The van der Waals surface area contributed by atoms with Crippen molar-refractivity contribution in [2.24, 2.45) is 0 Å². The Morgan fingerprint density at radius 3 is 2.48 bits per heavy atom. The molecule has 0 aliphatic carbocycles. The quantitative estimate of drug-likeness (QED) is 0.597. The number of nitrogens with one attached hydrogen (secondary N) is 1. The zero-order valence-electron chi connectivity index (χ0n) is 14.5. The number of para-hydroxylation sites is 1. The summed E-state index contributed by atoms with van der Waals surface area (Å²) in [5.74, 6) is 2.27. The van der Waals surface area contributed by atoms with Crippen LogP contribution in [0, 0.1) is 0 Å². The summed E-state index contributed by atoms with van der Waals surface area (Å²) >= 11 is 3.42. The lowest BCUT2D eigenvalue weighted by molar-refractivity contribution is 0.271. The fraction of sp³-hybridized carbons (Fsp3) is 0.368. The van der Waals surface area contributed by atoms with E-state index in [1.54, 1.807) is 14.2 Å². The monoisotopic (exact) mass is 410 g/mol. The van der Waals surface area contributed by atoms with Gasteiger partial charge in [-0.25, -0.2) is 4.39 Å². The number of benzene rings is 2. The Bertz CT molecular complexity index is 682. The molecule has 0 aromatic heterocycles. The highest BCUT2D eigenvalue weighted by molar-refractivity contribution is 9.10. The molecule has 0 atom stereocenters. The van der Waals surface area contributed by atoms with Gasteiger partial charge < -0.3 is 19.5 Å². The van der Waals surface area contributed by atoms with E-state index in [9.17, 15) is 4.39 Å². The molecule has 0 saturated heterocycles. The lowest BCUT2D eigenvalue weighted by Crippen LogP contribution is -2.17. The van der Waals surface area contributed by atoms with Gasteiger partial charge in [-0.05, 0) is 52.7 Å². The molecule has 0 heterocycles. The molecule has 2 rings (SSSR count). The largest absolute Gasteiger partial charge is 0.496 e. The second-order valence-electron chi connectivity index (χ2n) is 5.37. The maximum atomic E-state index is 12.3. The van der Waals surface area contributed by atoms with Crippen molar-refractivity contribution in [3.05, 3.63) is 52.0 Å². The second-order valence-corrected chi connectivity index (χ2v) is 6.22. The van der Waals surface area contributed by atoms with Crippen LogP contribution < -0.4 is 19.5 Å². The predicted octanol–water partition coefficient (Wildman–Crippen LogP) is 4.15. The van der Waals surface area contributed by atoms with E-state index in [-0.39, 0.29) is 6.61 Å². The van der Waals surface area contributed by atoms with Crippen LogP contribution in [-0.4, -0.2) is 34.0 Å². The van der Waals surface area contributed by atoms with Crippen molar-refractivity contribution in [2.45, 2.75) is 13.0 Å². The van der Waals surface area contributed by atoms with Gasteiger partial charge >= 0.3 is 0 Å². The normalized spacial score (nSPS) is 10.6. The van der Waals surface area contributed by atoms with E-state index >= 15 is 0 Å². The Morgan fingerprint density at radius 1 is 1.00 bits per heavy atom. The first-order valence-corrected chi connectivity index (χ1v) is 8.86. The smallest absolute Gasteiger partial charge is 0.134 e. The van der Waals surface area contributed by atoms with Crippen LogP contribution in [0.25, 0.3) is 0 Å². The Kier molecular flexibility index (Phi) is 8.01. The van der Waals surface area contributed by atoms with E-state index in [2.05, 4.69) is 21.2 Å². The van der Waals surface area contributed by atoms with Crippen LogP contribution >= 0.6 is 15.9 Å². The van der Waals surface area contributed by atoms with Crippen molar-refractivity contribution in [1.29, 1.82) is 0 Å². The molecule has 1 N–H and O–H groups in total. The minimum absolute atomic E-state index is 0.0381. The zero-order chi connectivity index (χ0) is 18.1. The fourth-order valence-corrected chi connectivity index (χ4v) is 2.95. The van der Waals surface area contributed by atoms with Crippen LogP contribution in [0.5, 0.6) is 17.2 Å². The Hall–Kier alpha value is -1.79. The molecule has 25 heavy (non-hydrogen) atoms. The first kappa shape index (κ1) is 19.5.